The van der Waals surface area contributed by atoms with Crippen LogP contribution in [0.3, 0.4) is 0 Å². The summed E-state index contributed by atoms with van der Waals surface area (Å²) in [7, 11) is 0. The third kappa shape index (κ3) is 4.99. The molecule has 36 heavy (non-hydrogen) atoms. The number of carbonyl (C=O) groups is 3. The molecule has 8 nitrogen and oxygen atoms in total. The Hall–Kier alpha value is -3.30. The summed E-state index contributed by atoms with van der Waals surface area (Å²) in [5.41, 5.74) is 0.679. The zero-order valence-electron chi connectivity index (χ0n) is 25.8. The van der Waals surface area contributed by atoms with E-state index in [9.17, 15) is 18.8 Å². The van der Waals surface area contributed by atoms with Crippen LogP contribution in [-0.4, -0.2) is 58.9 Å². The van der Waals surface area contributed by atoms with Gasteiger partial charge in [0.25, 0.3) is 5.91 Å². The van der Waals surface area contributed by atoms with Gasteiger partial charge in [0.1, 0.15) is 24.2 Å². The molecular weight excluding hydrogens is 465 g/mol. The SMILES string of the molecule is [2H]C([2H])(c1ccc(F)c(COc2cccc3c2CN(C2C(=O)NC(=O)C([2H])([2H])C2([2H])[2H])C3=O)c1)N1CC(C)OC(C)C1. The van der Waals surface area contributed by atoms with Crippen molar-refractivity contribution in [1.29, 1.82) is 0 Å². The van der Waals surface area contributed by atoms with Gasteiger partial charge < -0.3 is 14.4 Å². The van der Waals surface area contributed by atoms with E-state index in [1.165, 1.54) is 36.4 Å². The smallest absolute Gasteiger partial charge is 0.255 e. The van der Waals surface area contributed by atoms with E-state index in [1.54, 1.807) is 4.90 Å². The number of nitrogens with zero attached hydrogens (tertiary/aromatic N) is 2. The van der Waals surface area contributed by atoms with E-state index in [-0.39, 0.29) is 53.4 Å². The third-order valence-electron chi connectivity index (χ3n) is 6.21. The van der Waals surface area contributed by atoms with Crippen molar-refractivity contribution in [2.75, 3.05) is 13.1 Å². The summed E-state index contributed by atoms with van der Waals surface area (Å²) in [6.07, 6.45) is -6.46. The summed E-state index contributed by atoms with van der Waals surface area (Å²) in [6, 6.07) is 6.47. The second-order valence-corrected chi connectivity index (χ2v) is 9.07. The summed E-state index contributed by atoms with van der Waals surface area (Å²) in [5.74, 6) is -3.78. The van der Waals surface area contributed by atoms with Crippen molar-refractivity contribution in [3.8, 4) is 5.75 Å². The average Bonchev–Trinajstić information content (AvgIpc) is 3.23. The third-order valence-corrected chi connectivity index (χ3v) is 6.21. The van der Waals surface area contributed by atoms with Crippen LogP contribution in [0.15, 0.2) is 36.4 Å². The maximum Gasteiger partial charge on any atom is 0.255 e. The average molecular weight is 502 g/mol. The van der Waals surface area contributed by atoms with Gasteiger partial charge in [-0.25, -0.2) is 4.39 Å². The second kappa shape index (κ2) is 9.99. The molecule has 0 aromatic heterocycles. The lowest BCUT2D eigenvalue weighted by Crippen LogP contribution is -2.52. The molecule has 5 rings (SSSR count). The molecule has 0 bridgehead atoms. The summed E-state index contributed by atoms with van der Waals surface area (Å²) >= 11 is 0. The molecule has 3 heterocycles. The van der Waals surface area contributed by atoms with Crippen LogP contribution in [0.4, 0.5) is 4.39 Å². The van der Waals surface area contributed by atoms with Crippen molar-refractivity contribution in [3.05, 3.63) is 64.5 Å². The Morgan fingerprint density at radius 3 is 2.75 bits per heavy atom. The van der Waals surface area contributed by atoms with Crippen LogP contribution in [0.2, 0.25) is 0 Å². The second-order valence-electron chi connectivity index (χ2n) is 9.07. The Morgan fingerprint density at radius 1 is 1.19 bits per heavy atom. The van der Waals surface area contributed by atoms with Crippen LogP contribution in [0, 0.1) is 5.82 Å². The van der Waals surface area contributed by atoms with Crippen molar-refractivity contribution in [1.82, 2.24) is 15.1 Å². The van der Waals surface area contributed by atoms with Crippen molar-refractivity contribution in [3.63, 3.8) is 0 Å². The van der Waals surface area contributed by atoms with Gasteiger partial charge in [-0.05, 0) is 50.0 Å². The maximum atomic E-state index is 14.9. The van der Waals surface area contributed by atoms with E-state index in [0.29, 0.717) is 13.1 Å². The first-order valence-electron chi connectivity index (χ1n) is 14.7. The topological polar surface area (TPSA) is 88.2 Å². The number of amides is 3. The number of benzene rings is 2. The highest BCUT2D eigenvalue weighted by molar-refractivity contribution is 6.05. The largest absolute Gasteiger partial charge is 0.488 e. The normalized spacial score (nSPS) is 30.2. The monoisotopic (exact) mass is 501 g/mol. The molecule has 9 heteroatoms. The van der Waals surface area contributed by atoms with Crippen molar-refractivity contribution < 1.29 is 36.5 Å². The predicted octanol–water partition coefficient (Wildman–Crippen LogP) is 2.77. The maximum absolute atomic E-state index is 14.9. The summed E-state index contributed by atoms with van der Waals surface area (Å²) < 4.78 is 76.3. The lowest BCUT2D eigenvalue weighted by atomic mass is 10.0. The molecule has 0 spiro atoms. The van der Waals surface area contributed by atoms with Gasteiger partial charge in [-0.1, -0.05) is 12.1 Å². The Labute approximate surface area is 217 Å². The van der Waals surface area contributed by atoms with Gasteiger partial charge in [0, 0.05) is 50.9 Å². The number of rotatable bonds is 6. The number of nitrogens with one attached hydrogen (secondary N) is 1. The molecule has 3 aliphatic rings. The van der Waals surface area contributed by atoms with Crippen LogP contribution in [0.25, 0.3) is 0 Å². The molecular formula is C27H30FN3O5. The standard InChI is InChI=1S/C27H30FN3O5/c1-16-11-30(12-17(2)36-16)13-18-6-7-22(28)19(10-18)15-35-24-5-3-4-20-21(24)14-31(27(20)34)23-8-9-25(32)29-26(23)33/h3-7,10,16-17,23H,8-9,11-15H2,1-2H3,(H,29,32,33)/i8D2,9D2,13D2. The zero-order chi connectivity index (χ0) is 30.8. The van der Waals surface area contributed by atoms with Crippen molar-refractivity contribution >= 4 is 17.7 Å². The predicted molar refractivity (Wildman–Crippen MR) is 129 cm³/mol. The van der Waals surface area contributed by atoms with Gasteiger partial charge in [0.2, 0.25) is 11.8 Å². The Morgan fingerprint density at radius 2 is 1.97 bits per heavy atom. The first kappa shape index (κ1) is 18.0. The van der Waals surface area contributed by atoms with Crippen LogP contribution in [-0.2, 0) is 34.0 Å². The molecule has 3 aliphatic heterocycles. The number of halogens is 1. The van der Waals surface area contributed by atoms with Gasteiger partial charge >= 0.3 is 0 Å². The highest BCUT2D eigenvalue weighted by Crippen LogP contribution is 2.34. The first-order valence-corrected chi connectivity index (χ1v) is 11.7. The molecule has 3 unspecified atom stereocenters. The molecule has 0 radical (unpaired) electrons. The molecule has 190 valence electrons. The summed E-state index contributed by atoms with van der Waals surface area (Å²) in [4.78, 5) is 40.4. The number of fused-ring (bicyclic) bond motifs is 1. The van der Waals surface area contributed by atoms with Crippen LogP contribution in [0.1, 0.15) is 61.9 Å². The molecule has 2 aromatic rings. The van der Waals surface area contributed by atoms with Crippen LogP contribution in [0.5, 0.6) is 5.75 Å². The molecule has 0 saturated carbocycles. The molecule has 3 atom stereocenters. The van der Waals surface area contributed by atoms with E-state index in [2.05, 4.69) is 0 Å². The molecule has 3 amide bonds. The number of morpholine rings is 1. The van der Waals surface area contributed by atoms with Crippen molar-refractivity contribution in [2.24, 2.45) is 0 Å². The van der Waals surface area contributed by atoms with Crippen LogP contribution < -0.4 is 10.1 Å². The molecule has 1 N–H and O–H groups in total. The van der Waals surface area contributed by atoms with Gasteiger partial charge in [-0.15, -0.1) is 0 Å². The van der Waals surface area contributed by atoms with Gasteiger partial charge in [-0.2, -0.15) is 0 Å². The minimum Gasteiger partial charge on any atom is -0.488 e. The minimum atomic E-state index is -3.08. The zero-order valence-corrected chi connectivity index (χ0v) is 19.8. The van der Waals surface area contributed by atoms with Crippen molar-refractivity contribution in [2.45, 2.75) is 64.5 Å². The lowest BCUT2D eigenvalue weighted by molar-refractivity contribution is -0.136. The quantitative estimate of drug-likeness (QED) is 0.613. The van der Waals surface area contributed by atoms with Gasteiger partial charge in [0.15, 0.2) is 0 Å². The number of hydrogen-bond donors (Lipinski definition) is 1. The highest BCUT2D eigenvalue weighted by Gasteiger charge is 2.40. The van der Waals surface area contributed by atoms with E-state index in [4.69, 9.17) is 17.7 Å². The van der Waals surface area contributed by atoms with Crippen LogP contribution >= 0.6 is 0 Å². The molecule has 2 fully saturated rings. The Balaban J connectivity index is 1.38. The fourth-order valence-corrected chi connectivity index (χ4v) is 4.66. The minimum absolute atomic E-state index is 0.0687. The molecule has 2 saturated heterocycles. The summed E-state index contributed by atoms with van der Waals surface area (Å²) in [5, 5.41) is 1.81. The molecule has 2 aromatic carbocycles. The Bertz CT molecular complexity index is 1450. The number of imide groups is 1. The number of hydrogen-bond acceptors (Lipinski definition) is 6. The highest BCUT2D eigenvalue weighted by atomic mass is 19.1. The number of piperidine rings is 1. The first-order chi connectivity index (χ1) is 19.6. The number of ether oxygens (including phenoxy) is 2. The van der Waals surface area contributed by atoms with E-state index >= 15 is 0 Å². The van der Waals surface area contributed by atoms with Gasteiger partial charge in [-0.3, -0.25) is 24.6 Å². The van der Waals surface area contributed by atoms with E-state index < -0.39 is 48.8 Å². The van der Waals surface area contributed by atoms with Gasteiger partial charge in [0.05, 0.1) is 18.8 Å². The van der Waals surface area contributed by atoms with E-state index in [0.717, 1.165) is 4.90 Å². The fraction of sp³-hybridized carbons (Fsp3) is 0.444. The molecule has 0 aliphatic carbocycles. The fourth-order valence-electron chi connectivity index (χ4n) is 4.66. The Kier molecular flexibility index (Phi) is 5.00. The number of carbonyl (C=O) groups excluding carboxylic acids is 3. The van der Waals surface area contributed by atoms with E-state index in [1.807, 2.05) is 19.2 Å². The summed E-state index contributed by atoms with van der Waals surface area (Å²) in [6.45, 7) is 1.88. The lowest BCUT2D eigenvalue weighted by Gasteiger charge is -2.35.